The van der Waals surface area contributed by atoms with Crippen LogP contribution in [0.1, 0.15) is 19.8 Å². The van der Waals surface area contributed by atoms with Crippen molar-refractivity contribution in [2.45, 2.75) is 19.8 Å². The van der Waals surface area contributed by atoms with Gasteiger partial charge in [-0.05, 0) is 5.92 Å². The number of hydrogen-bond donors (Lipinski definition) is 1. The van der Waals surface area contributed by atoms with Crippen LogP contribution in [0.15, 0.2) is 0 Å². The lowest BCUT2D eigenvalue weighted by molar-refractivity contribution is -0.205. The van der Waals surface area contributed by atoms with E-state index < -0.39 is 0 Å². The quantitative estimate of drug-likeness (QED) is 0.684. The van der Waals surface area contributed by atoms with E-state index in [9.17, 15) is 9.59 Å². The molecule has 1 amide bonds. The fourth-order valence-corrected chi connectivity index (χ4v) is 1.23. The first kappa shape index (κ1) is 10.5. The van der Waals surface area contributed by atoms with E-state index >= 15 is 0 Å². The van der Waals surface area contributed by atoms with Crippen LogP contribution in [-0.4, -0.2) is 29.2 Å². The van der Waals surface area contributed by atoms with Crippen LogP contribution in [0.5, 0.6) is 0 Å². The Morgan fingerprint density at radius 2 is 2.46 bits per heavy atom. The van der Waals surface area contributed by atoms with Gasteiger partial charge in [-0.1, -0.05) is 6.92 Å². The zero-order valence-electron chi connectivity index (χ0n) is 7.52. The lowest BCUT2D eigenvalue weighted by Crippen LogP contribution is -2.39. The van der Waals surface area contributed by atoms with Gasteiger partial charge in [-0.15, -0.1) is 12.6 Å². The fraction of sp³-hybridized carbons (Fsp3) is 0.750. The molecule has 0 aromatic carbocycles. The number of nitrogens with zero attached hydrogens (tertiary/aromatic N) is 1. The Morgan fingerprint density at radius 3 is 3.00 bits per heavy atom. The highest BCUT2D eigenvalue weighted by Gasteiger charge is 2.23. The Morgan fingerprint density at radius 1 is 1.77 bits per heavy atom. The Hall–Kier alpha value is -0.550. The van der Waals surface area contributed by atoms with Crippen molar-refractivity contribution in [3.8, 4) is 0 Å². The number of amides is 1. The molecule has 0 aromatic rings. The molecule has 1 atom stereocenters. The monoisotopic (exact) mass is 203 g/mol. The van der Waals surface area contributed by atoms with E-state index in [1.807, 2.05) is 6.92 Å². The molecular formula is C8H13NO3S. The summed E-state index contributed by atoms with van der Waals surface area (Å²) < 4.78 is 0. The van der Waals surface area contributed by atoms with Crippen molar-refractivity contribution >= 4 is 23.7 Å². The molecule has 74 valence electrons. The smallest absolute Gasteiger partial charge is 0.246 e. The lowest BCUT2D eigenvalue weighted by atomic mass is 10.1. The summed E-state index contributed by atoms with van der Waals surface area (Å²) in [5.41, 5.74) is 0. The molecule has 1 unspecified atom stereocenters. The number of carbonyl (C=O) groups excluding carboxylic acids is 2. The topological polar surface area (TPSA) is 46.6 Å². The molecule has 0 saturated carbocycles. The lowest BCUT2D eigenvalue weighted by Gasteiger charge is -2.28. The average molecular weight is 203 g/mol. The van der Waals surface area contributed by atoms with Crippen molar-refractivity contribution in [3.05, 3.63) is 0 Å². The van der Waals surface area contributed by atoms with Crippen LogP contribution in [0, 0.1) is 5.92 Å². The van der Waals surface area contributed by atoms with Crippen molar-refractivity contribution in [1.29, 1.82) is 0 Å². The molecule has 1 rings (SSSR count). The maximum atomic E-state index is 11.3. The predicted molar refractivity (Wildman–Crippen MR) is 50.1 cm³/mol. The van der Waals surface area contributed by atoms with Crippen LogP contribution in [0.3, 0.4) is 0 Å². The molecule has 4 nitrogen and oxygen atoms in total. The van der Waals surface area contributed by atoms with Crippen LogP contribution in [-0.2, 0) is 14.4 Å². The van der Waals surface area contributed by atoms with Gasteiger partial charge in [-0.25, -0.2) is 5.06 Å². The SMILES string of the molecule is CC1CON(CCC(=O)S)C(=O)C1. The molecule has 1 aliphatic rings. The Balaban J connectivity index is 2.34. The fourth-order valence-electron chi connectivity index (χ4n) is 1.13. The van der Waals surface area contributed by atoms with Gasteiger partial charge >= 0.3 is 0 Å². The summed E-state index contributed by atoms with van der Waals surface area (Å²) in [7, 11) is 0. The summed E-state index contributed by atoms with van der Waals surface area (Å²) in [4.78, 5) is 27.0. The third-order valence-electron chi connectivity index (χ3n) is 1.84. The molecule has 13 heavy (non-hydrogen) atoms. The predicted octanol–water partition coefficient (Wildman–Crippen LogP) is 0.633. The molecular weight excluding hydrogens is 190 g/mol. The van der Waals surface area contributed by atoms with Gasteiger partial charge in [0.25, 0.3) is 0 Å². The van der Waals surface area contributed by atoms with Gasteiger partial charge in [-0.3, -0.25) is 14.4 Å². The molecule has 0 aromatic heterocycles. The molecule has 5 heteroatoms. The molecule has 1 fully saturated rings. The van der Waals surface area contributed by atoms with Gasteiger partial charge in [0, 0.05) is 12.8 Å². The summed E-state index contributed by atoms with van der Waals surface area (Å²) in [6, 6.07) is 0. The molecule has 0 bridgehead atoms. The van der Waals surface area contributed by atoms with Crippen molar-refractivity contribution in [1.82, 2.24) is 5.06 Å². The highest BCUT2D eigenvalue weighted by Crippen LogP contribution is 2.14. The van der Waals surface area contributed by atoms with Crippen LogP contribution in [0.2, 0.25) is 0 Å². The van der Waals surface area contributed by atoms with Crippen molar-refractivity contribution in [2.75, 3.05) is 13.2 Å². The van der Waals surface area contributed by atoms with E-state index in [0.29, 0.717) is 19.6 Å². The molecule has 1 aliphatic heterocycles. The van der Waals surface area contributed by atoms with Crippen LogP contribution >= 0.6 is 12.6 Å². The second kappa shape index (κ2) is 4.62. The third kappa shape index (κ3) is 3.36. The second-order valence-corrected chi connectivity index (χ2v) is 3.74. The highest BCUT2D eigenvalue weighted by atomic mass is 32.1. The number of carbonyl (C=O) groups is 2. The minimum Gasteiger partial charge on any atom is -0.287 e. The summed E-state index contributed by atoms with van der Waals surface area (Å²) >= 11 is 3.61. The maximum absolute atomic E-state index is 11.3. The average Bonchev–Trinajstić information content (AvgIpc) is 2.02. The zero-order chi connectivity index (χ0) is 9.84. The standard InChI is InChI=1S/C8H13NO3S/c1-6-4-7(10)9(12-5-6)3-2-8(11)13/h6H,2-5H2,1H3,(H,11,13). The summed E-state index contributed by atoms with van der Waals surface area (Å²) in [5, 5.41) is 1.03. The second-order valence-electron chi connectivity index (χ2n) is 3.24. The highest BCUT2D eigenvalue weighted by molar-refractivity contribution is 7.96. The van der Waals surface area contributed by atoms with Crippen LogP contribution in [0.4, 0.5) is 0 Å². The molecule has 1 heterocycles. The van der Waals surface area contributed by atoms with Crippen LogP contribution in [0.25, 0.3) is 0 Å². The number of thiol groups is 1. The van der Waals surface area contributed by atoms with E-state index in [0.717, 1.165) is 0 Å². The minimum absolute atomic E-state index is 0.0478. The van der Waals surface area contributed by atoms with Gasteiger partial charge in [0.05, 0.1) is 13.2 Å². The minimum atomic E-state index is -0.227. The van der Waals surface area contributed by atoms with Crippen molar-refractivity contribution in [2.24, 2.45) is 5.92 Å². The first-order valence-electron chi connectivity index (χ1n) is 4.24. The largest absolute Gasteiger partial charge is 0.287 e. The van der Waals surface area contributed by atoms with Gasteiger partial charge in [0.15, 0.2) is 5.12 Å². The van der Waals surface area contributed by atoms with Gasteiger partial charge in [0.1, 0.15) is 0 Å². The van der Waals surface area contributed by atoms with E-state index in [1.165, 1.54) is 5.06 Å². The van der Waals surface area contributed by atoms with Gasteiger partial charge < -0.3 is 0 Å². The third-order valence-corrected chi connectivity index (χ3v) is 2.07. The first-order valence-corrected chi connectivity index (χ1v) is 4.69. The number of rotatable bonds is 3. The van der Waals surface area contributed by atoms with Gasteiger partial charge in [-0.2, -0.15) is 0 Å². The Kier molecular flexibility index (Phi) is 3.74. The van der Waals surface area contributed by atoms with E-state index in [1.54, 1.807) is 0 Å². The van der Waals surface area contributed by atoms with Crippen LogP contribution < -0.4 is 0 Å². The normalized spacial score (nSPS) is 23.4. The zero-order valence-corrected chi connectivity index (χ0v) is 8.42. The van der Waals surface area contributed by atoms with E-state index in [4.69, 9.17) is 4.84 Å². The first-order chi connectivity index (χ1) is 6.09. The van der Waals surface area contributed by atoms with E-state index in [2.05, 4.69) is 12.6 Å². The summed E-state index contributed by atoms with van der Waals surface area (Å²) in [5.74, 6) is 0.226. The molecule has 0 aliphatic carbocycles. The Bertz CT molecular complexity index is 219. The maximum Gasteiger partial charge on any atom is 0.246 e. The number of hydroxylamine groups is 2. The number of hydrogen-bond acceptors (Lipinski definition) is 3. The van der Waals surface area contributed by atoms with E-state index in [-0.39, 0.29) is 23.4 Å². The van der Waals surface area contributed by atoms with Crippen molar-refractivity contribution < 1.29 is 14.4 Å². The molecule has 0 N–H and O–H groups in total. The Labute approximate surface area is 82.6 Å². The summed E-state index contributed by atoms with van der Waals surface area (Å²) in [6.45, 7) is 2.82. The van der Waals surface area contributed by atoms with Gasteiger partial charge in [0.2, 0.25) is 5.91 Å². The molecule has 0 spiro atoms. The molecule has 0 radical (unpaired) electrons. The van der Waals surface area contributed by atoms with Crippen molar-refractivity contribution in [3.63, 3.8) is 0 Å². The summed E-state index contributed by atoms with van der Waals surface area (Å²) in [6.07, 6.45) is 0.740. The molecule has 1 saturated heterocycles.